The number of hydrogen-bond acceptors (Lipinski definition) is 6. The van der Waals surface area contributed by atoms with Gasteiger partial charge in [0.05, 0.1) is 20.8 Å². The molecule has 0 amide bonds. The van der Waals surface area contributed by atoms with Gasteiger partial charge in [0.2, 0.25) is 11.0 Å². The molecule has 0 aliphatic heterocycles. The standard InChI is InChI=1S/C18H13N5S2/c1-2-7-13(8-3-1)20-21-17(16-11-6-12-24-16)22-23-18-19-14-9-4-5-10-15(14)25-18/h1-12,20H. The van der Waals surface area contributed by atoms with E-state index < -0.39 is 0 Å². The Bertz CT molecular complexity index is 987. The summed E-state index contributed by atoms with van der Waals surface area (Å²) in [5.74, 6) is 0.526. The lowest BCUT2D eigenvalue weighted by atomic mass is 10.3. The largest absolute Gasteiger partial charge is 0.276 e. The first-order valence-electron chi connectivity index (χ1n) is 7.58. The van der Waals surface area contributed by atoms with Crippen molar-refractivity contribution in [2.75, 3.05) is 5.43 Å². The van der Waals surface area contributed by atoms with Crippen LogP contribution >= 0.6 is 22.7 Å². The number of rotatable bonds is 4. The molecule has 0 fully saturated rings. The monoisotopic (exact) mass is 363 g/mol. The van der Waals surface area contributed by atoms with Crippen molar-refractivity contribution in [2.24, 2.45) is 15.3 Å². The van der Waals surface area contributed by atoms with Gasteiger partial charge in [-0.2, -0.15) is 5.10 Å². The minimum Gasteiger partial charge on any atom is -0.276 e. The van der Waals surface area contributed by atoms with Crippen molar-refractivity contribution in [3.63, 3.8) is 0 Å². The Balaban J connectivity index is 1.62. The van der Waals surface area contributed by atoms with Gasteiger partial charge in [0.15, 0.2) is 0 Å². The molecule has 0 radical (unpaired) electrons. The molecule has 7 heteroatoms. The van der Waals surface area contributed by atoms with Crippen LogP contribution < -0.4 is 5.43 Å². The van der Waals surface area contributed by atoms with Crippen LogP contribution in [0, 0.1) is 0 Å². The molecule has 0 unspecified atom stereocenters. The third-order valence-corrected chi connectivity index (χ3v) is 5.11. The summed E-state index contributed by atoms with van der Waals surface area (Å²) in [5.41, 5.74) is 4.84. The molecule has 2 aromatic heterocycles. The predicted molar refractivity (Wildman–Crippen MR) is 105 cm³/mol. The molecule has 0 saturated heterocycles. The molecule has 0 atom stereocenters. The third kappa shape index (κ3) is 3.78. The van der Waals surface area contributed by atoms with E-state index in [1.54, 1.807) is 11.3 Å². The van der Waals surface area contributed by atoms with E-state index >= 15 is 0 Å². The summed E-state index contributed by atoms with van der Waals surface area (Å²) in [4.78, 5) is 5.41. The highest BCUT2D eigenvalue weighted by Crippen LogP contribution is 2.28. The predicted octanol–water partition coefficient (Wildman–Crippen LogP) is 5.92. The van der Waals surface area contributed by atoms with Crippen LogP contribution in [0.25, 0.3) is 10.2 Å². The molecule has 2 aromatic carbocycles. The summed E-state index contributed by atoms with van der Waals surface area (Å²) in [6.07, 6.45) is 0. The molecule has 25 heavy (non-hydrogen) atoms. The van der Waals surface area contributed by atoms with Crippen LogP contribution in [0.5, 0.6) is 0 Å². The van der Waals surface area contributed by atoms with Crippen LogP contribution in [0.4, 0.5) is 10.8 Å². The van der Waals surface area contributed by atoms with Gasteiger partial charge in [0.1, 0.15) is 0 Å². The van der Waals surface area contributed by atoms with E-state index in [-0.39, 0.29) is 0 Å². The maximum atomic E-state index is 4.47. The lowest BCUT2D eigenvalue weighted by Crippen LogP contribution is -1.98. The van der Waals surface area contributed by atoms with Crippen molar-refractivity contribution in [3.8, 4) is 0 Å². The van der Waals surface area contributed by atoms with Crippen molar-refractivity contribution in [1.82, 2.24) is 4.98 Å². The molecule has 1 N–H and O–H groups in total. The van der Waals surface area contributed by atoms with E-state index in [0.717, 1.165) is 20.8 Å². The Morgan fingerprint density at radius 1 is 0.920 bits per heavy atom. The second-order valence-electron chi connectivity index (χ2n) is 5.05. The van der Waals surface area contributed by atoms with Gasteiger partial charge in [-0.25, -0.2) is 4.98 Å². The SMILES string of the molecule is c1ccc(NN=C(N=Nc2nc3ccccc3s2)c2cccs2)cc1. The van der Waals surface area contributed by atoms with Crippen LogP contribution in [-0.4, -0.2) is 10.8 Å². The van der Waals surface area contributed by atoms with E-state index in [1.807, 2.05) is 72.1 Å². The maximum Gasteiger partial charge on any atom is 0.231 e. The summed E-state index contributed by atoms with van der Waals surface area (Å²) in [6.45, 7) is 0. The second-order valence-corrected chi connectivity index (χ2v) is 7.01. The number of thiophene rings is 1. The molecule has 4 aromatic rings. The van der Waals surface area contributed by atoms with E-state index in [4.69, 9.17) is 0 Å². The molecular weight excluding hydrogens is 350 g/mol. The molecule has 0 saturated carbocycles. The first kappa shape index (κ1) is 15.6. The molecule has 122 valence electrons. The highest BCUT2D eigenvalue weighted by atomic mass is 32.1. The molecule has 0 aliphatic rings. The van der Waals surface area contributed by atoms with Gasteiger partial charge in [-0.15, -0.1) is 21.6 Å². The Kier molecular flexibility index (Phi) is 4.58. The zero-order valence-electron chi connectivity index (χ0n) is 13.0. The Labute approximate surface area is 152 Å². The molecule has 0 bridgehead atoms. The summed E-state index contributed by atoms with van der Waals surface area (Å²) >= 11 is 3.07. The maximum absolute atomic E-state index is 4.47. The van der Waals surface area contributed by atoms with Gasteiger partial charge in [-0.3, -0.25) is 5.43 Å². The number of benzene rings is 2. The number of para-hydroxylation sites is 2. The van der Waals surface area contributed by atoms with Gasteiger partial charge < -0.3 is 0 Å². The fourth-order valence-electron chi connectivity index (χ4n) is 2.16. The number of hydrogen-bond donors (Lipinski definition) is 1. The van der Waals surface area contributed by atoms with Crippen LogP contribution in [0.3, 0.4) is 0 Å². The van der Waals surface area contributed by atoms with Crippen molar-refractivity contribution < 1.29 is 0 Å². The van der Waals surface area contributed by atoms with E-state index in [9.17, 15) is 0 Å². The van der Waals surface area contributed by atoms with Gasteiger partial charge in [-0.05, 0) is 35.7 Å². The average Bonchev–Trinajstić information content (AvgIpc) is 3.32. The van der Waals surface area contributed by atoms with Crippen molar-refractivity contribution in [2.45, 2.75) is 0 Å². The van der Waals surface area contributed by atoms with E-state index in [1.165, 1.54) is 11.3 Å². The number of aromatic nitrogens is 1. The number of hydrazone groups is 1. The smallest absolute Gasteiger partial charge is 0.231 e. The fraction of sp³-hybridized carbons (Fsp3) is 0. The summed E-state index contributed by atoms with van der Waals surface area (Å²) in [6, 6.07) is 21.6. The number of nitrogens with zero attached hydrogens (tertiary/aromatic N) is 4. The van der Waals surface area contributed by atoms with Crippen molar-refractivity contribution in [3.05, 3.63) is 77.0 Å². The van der Waals surface area contributed by atoms with Gasteiger partial charge in [0.25, 0.3) is 0 Å². The van der Waals surface area contributed by atoms with E-state index in [0.29, 0.717) is 11.0 Å². The first-order valence-corrected chi connectivity index (χ1v) is 9.28. The Hall–Kier alpha value is -2.90. The average molecular weight is 363 g/mol. The number of thiazole rings is 1. The van der Waals surface area contributed by atoms with Crippen molar-refractivity contribution >= 4 is 49.5 Å². The van der Waals surface area contributed by atoms with Gasteiger partial charge in [0, 0.05) is 0 Å². The van der Waals surface area contributed by atoms with Crippen LogP contribution in [0.1, 0.15) is 4.88 Å². The lowest BCUT2D eigenvalue weighted by Gasteiger charge is -2.00. The van der Waals surface area contributed by atoms with Gasteiger partial charge in [-0.1, -0.05) is 47.7 Å². The summed E-state index contributed by atoms with van der Waals surface area (Å²) in [7, 11) is 0. The van der Waals surface area contributed by atoms with Crippen LogP contribution in [0.2, 0.25) is 0 Å². The lowest BCUT2D eigenvalue weighted by molar-refractivity contribution is 1.21. The molecule has 2 heterocycles. The number of nitrogens with one attached hydrogen (secondary N) is 1. The van der Waals surface area contributed by atoms with Gasteiger partial charge >= 0.3 is 0 Å². The zero-order valence-corrected chi connectivity index (χ0v) is 14.7. The molecular formula is C18H13N5S2. The topological polar surface area (TPSA) is 62.0 Å². The van der Waals surface area contributed by atoms with Crippen LogP contribution in [-0.2, 0) is 0 Å². The number of fused-ring (bicyclic) bond motifs is 1. The summed E-state index contributed by atoms with van der Waals surface area (Å²) < 4.78 is 1.09. The van der Waals surface area contributed by atoms with Crippen LogP contribution in [0.15, 0.2) is 87.4 Å². The molecule has 4 rings (SSSR count). The fourth-order valence-corrected chi connectivity index (χ4v) is 3.60. The molecule has 5 nitrogen and oxygen atoms in total. The Morgan fingerprint density at radius 3 is 2.56 bits per heavy atom. The number of anilines is 1. The number of azo groups is 1. The summed E-state index contributed by atoms with van der Waals surface area (Å²) in [5, 5.41) is 15.6. The molecule has 0 aliphatic carbocycles. The second kappa shape index (κ2) is 7.33. The normalized spacial score (nSPS) is 12.1. The number of amidine groups is 1. The minimum atomic E-state index is 0.526. The third-order valence-electron chi connectivity index (χ3n) is 3.32. The Morgan fingerprint density at radius 2 is 1.76 bits per heavy atom. The quantitative estimate of drug-likeness (QED) is 0.212. The van der Waals surface area contributed by atoms with E-state index in [2.05, 4.69) is 25.7 Å². The molecule has 0 spiro atoms. The van der Waals surface area contributed by atoms with Crippen molar-refractivity contribution in [1.29, 1.82) is 0 Å². The zero-order chi connectivity index (χ0) is 16.9. The highest BCUT2D eigenvalue weighted by molar-refractivity contribution is 7.21. The minimum absolute atomic E-state index is 0.526. The first-order chi connectivity index (χ1) is 12.4. The highest BCUT2D eigenvalue weighted by Gasteiger charge is 2.06.